The zero-order valence-corrected chi connectivity index (χ0v) is 16.2. The van der Waals surface area contributed by atoms with Gasteiger partial charge >= 0.3 is 5.63 Å². The molecule has 0 saturated carbocycles. The van der Waals surface area contributed by atoms with Crippen LogP contribution in [0.2, 0.25) is 0 Å². The number of hydrogen-bond acceptors (Lipinski definition) is 3. The van der Waals surface area contributed by atoms with E-state index >= 15 is 0 Å². The molecule has 2 heterocycles. The summed E-state index contributed by atoms with van der Waals surface area (Å²) in [6.07, 6.45) is 1.72. The van der Waals surface area contributed by atoms with E-state index in [1.54, 1.807) is 0 Å². The smallest absolute Gasteiger partial charge is 0.339 e. The lowest BCUT2D eigenvalue weighted by atomic mass is 9.98. The van der Waals surface area contributed by atoms with E-state index in [9.17, 15) is 4.79 Å². The highest BCUT2D eigenvalue weighted by molar-refractivity contribution is 5.87. The van der Waals surface area contributed by atoms with Crippen LogP contribution < -0.4 is 15.3 Å². The molecule has 0 spiro atoms. The topological polar surface area (TPSA) is 43.9 Å². The second-order valence-electron chi connectivity index (χ2n) is 7.41. The molecule has 1 atom stereocenters. The second kappa shape index (κ2) is 7.20. The van der Waals surface area contributed by atoms with Gasteiger partial charge < -0.3 is 9.15 Å². The lowest BCUT2D eigenvalue weighted by Crippen LogP contribution is -3.12. The van der Waals surface area contributed by atoms with Gasteiger partial charge in [0.15, 0.2) is 0 Å². The zero-order valence-electron chi connectivity index (χ0n) is 16.2. The summed E-state index contributed by atoms with van der Waals surface area (Å²) < 4.78 is 11.8. The Hall–Kier alpha value is -2.59. The second-order valence-corrected chi connectivity index (χ2v) is 7.41. The Morgan fingerprint density at radius 2 is 1.89 bits per heavy atom. The van der Waals surface area contributed by atoms with Gasteiger partial charge in [0.1, 0.15) is 17.9 Å². The van der Waals surface area contributed by atoms with E-state index in [0.717, 1.165) is 47.3 Å². The van der Waals surface area contributed by atoms with Crippen molar-refractivity contribution in [3.63, 3.8) is 0 Å². The van der Waals surface area contributed by atoms with E-state index in [-0.39, 0.29) is 5.63 Å². The van der Waals surface area contributed by atoms with Crippen molar-refractivity contribution < 1.29 is 14.1 Å². The van der Waals surface area contributed by atoms with Crippen molar-refractivity contribution in [1.29, 1.82) is 0 Å². The first-order chi connectivity index (χ1) is 13.1. The van der Waals surface area contributed by atoms with Crippen LogP contribution in [0.4, 0.5) is 0 Å². The molecule has 1 aromatic heterocycles. The first-order valence-corrected chi connectivity index (χ1v) is 9.67. The highest BCUT2D eigenvalue weighted by atomic mass is 16.5. The Morgan fingerprint density at radius 1 is 1.11 bits per heavy atom. The molecule has 0 aliphatic carbocycles. The van der Waals surface area contributed by atoms with Gasteiger partial charge in [-0.05, 0) is 37.5 Å². The number of benzene rings is 2. The maximum Gasteiger partial charge on any atom is 0.339 e. The molecule has 1 N–H and O–H groups in total. The number of quaternary nitrogens is 1. The summed E-state index contributed by atoms with van der Waals surface area (Å²) in [5.74, 6) is 0.887. The van der Waals surface area contributed by atoms with E-state index in [4.69, 9.17) is 9.15 Å². The number of fused-ring (bicyclic) bond motifs is 2. The third-order valence-electron chi connectivity index (χ3n) is 5.66. The Bertz CT molecular complexity index is 1040. The molecular weight excluding hydrogens is 338 g/mol. The fourth-order valence-electron chi connectivity index (χ4n) is 4.09. The Kier molecular flexibility index (Phi) is 4.75. The highest BCUT2D eigenvalue weighted by Crippen LogP contribution is 2.33. The van der Waals surface area contributed by atoms with Crippen LogP contribution in [-0.2, 0) is 19.4 Å². The van der Waals surface area contributed by atoms with Gasteiger partial charge in [0.2, 0.25) is 6.73 Å². The summed E-state index contributed by atoms with van der Waals surface area (Å²) in [4.78, 5) is 13.7. The SMILES string of the molecule is CCc1c(C)c2cc3c(c(C)c2oc1=O)OC[NH+](CCc1ccccc1)C3. The molecule has 0 radical (unpaired) electrons. The summed E-state index contributed by atoms with van der Waals surface area (Å²) in [6, 6.07) is 12.7. The molecule has 4 heteroatoms. The van der Waals surface area contributed by atoms with Crippen molar-refractivity contribution in [2.75, 3.05) is 13.3 Å². The number of hydrogen-bond donors (Lipinski definition) is 1. The summed E-state index contributed by atoms with van der Waals surface area (Å²) >= 11 is 0. The van der Waals surface area contributed by atoms with Gasteiger partial charge in [0.25, 0.3) is 0 Å². The standard InChI is InChI=1S/C23H25NO3/c1-4-19-15(2)20-12-18-13-24(11-10-17-8-6-5-7-9-17)14-26-21(18)16(3)22(20)27-23(19)25/h5-9,12H,4,10-11,13-14H2,1-3H3/p+1. The van der Waals surface area contributed by atoms with Gasteiger partial charge in [-0.3, -0.25) is 4.90 Å². The van der Waals surface area contributed by atoms with Crippen molar-refractivity contribution in [1.82, 2.24) is 0 Å². The molecule has 0 fully saturated rings. The molecule has 4 nitrogen and oxygen atoms in total. The molecule has 0 bridgehead atoms. The average Bonchev–Trinajstić information content (AvgIpc) is 2.69. The lowest BCUT2D eigenvalue weighted by Gasteiger charge is -2.28. The molecule has 3 aromatic rings. The fourth-order valence-corrected chi connectivity index (χ4v) is 4.09. The molecule has 140 valence electrons. The monoisotopic (exact) mass is 364 g/mol. The maximum atomic E-state index is 12.3. The summed E-state index contributed by atoms with van der Waals surface area (Å²) in [7, 11) is 0. The molecule has 4 rings (SSSR count). The van der Waals surface area contributed by atoms with Gasteiger partial charge in [-0.25, -0.2) is 4.79 Å². The average molecular weight is 364 g/mol. The van der Waals surface area contributed by atoms with Crippen LogP contribution in [0.15, 0.2) is 45.6 Å². The molecule has 0 amide bonds. The third kappa shape index (κ3) is 3.26. The largest absolute Gasteiger partial charge is 0.444 e. The van der Waals surface area contributed by atoms with E-state index < -0.39 is 0 Å². The predicted molar refractivity (Wildman–Crippen MR) is 107 cm³/mol. The van der Waals surface area contributed by atoms with Crippen LogP contribution in [-0.4, -0.2) is 13.3 Å². The minimum absolute atomic E-state index is 0.225. The van der Waals surface area contributed by atoms with Crippen LogP contribution in [0.25, 0.3) is 11.0 Å². The Morgan fingerprint density at radius 3 is 2.63 bits per heavy atom. The van der Waals surface area contributed by atoms with Crippen LogP contribution in [0, 0.1) is 13.8 Å². The number of aryl methyl sites for hydroxylation is 2. The van der Waals surface area contributed by atoms with Crippen molar-refractivity contribution in [3.05, 3.63) is 74.6 Å². The van der Waals surface area contributed by atoms with Crippen LogP contribution >= 0.6 is 0 Å². The number of nitrogens with one attached hydrogen (secondary N) is 1. The minimum Gasteiger partial charge on any atom is -0.444 e. The number of ether oxygens (including phenoxy) is 1. The van der Waals surface area contributed by atoms with Crippen LogP contribution in [0.1, 0.15) is 34.7 Å². The summed E-state index contributed by atoms with van der Waals surface area (Å²) in [6.45, 7) is 8.61. The molecule has 0 saturated heterocycles. The van der Waals surface area contributed by atoms with E-state index in [1.807, 2.05) is 20.8 Å². The van der Waals surface area contributed by atoms with Crippen molar-refractivity contribution in [2.45, 2.75) is 40.2 Å². The fraction of sp³-hybridized carbons (Fsp3) is 0.348. The highest BCUT2D eigenvalue weighted by Gasteiger charge is 2.25. The summed E-state index contributed by atoms with van der Waals surface area (Å²) in [5, 5.41) is 1.04. The van der Waals surface area contributed by atoms with E-state index in [2.05, 4.69) is 36.4 Å². The van der Waals surface area contributed by atoms with Crippen molar-refractivity contribution in [3.8, 4) is 5.75 Å². The zero-order chi connectivity index (χ0) is 19.0. The van der Waals surface area contributed by atoms with Crippen molar-refractivity contribution in [2.24, 2.45) is 0 Å². The predicted octanol–water partition coefficient (Wildman–Crippen LogP) is 2.95. The van der Waals surface area contributed by atoms with Gasteiger partial charge in [0, 0.05) is 28.5 Å². The molecular formula is C23H26NO3+. The van der Waals surface area contributed by atoms with Gasteiger partial charge in [0.05, 0.1) is 6.54 Å². The Balaban J connectivity index is 1.65. The minimum atomic E-state index is -0.225. The van der Waals surface area contributed by atoms with Gasteiger partial charge in [-0.1, -0.05) is 37.3 Å². The quantitative estimate of drug-likeness (QED) is 0.724. The summed E-state index contributed by atoms with van der Waals surface area (Å²) in [5.41, 5.74) is 5.74. The first kappa shape index (κ1) is 17.8. The molecule has 2 aromatic carbocycles. The molecule has 1 unspecified atom stereocenters. The first-order valence-electron chi connectivity index (χ1n) is 9.67. The molecule has 1 aliphatic heterocycles. The lowest BCUT2D eigenvalue weighted by molar-refractivity contribution is -0.932. The molecule has 27 heavy (non-hydrogen) atoms. The maximum absolute atomic E-state index is 12.3. The van der Waals surface area contributed by atoms with E-state index in [1.165, 1.54) is 16.0 Å². The van der Waals surface area contributed by atoms with Crippen molar-refractivity contribution >= 4 is 11.0 Å². The molecule has 1 aliphatic rings. The number of rotatable bonds is 4. The third-order valence-corrected chi connectivity index (χ3v) is 5.66. The van der Waals surface area contributed by atoms with Gasteiger partial charge in [-0.15, -0.1) is 0 Å². The van der Waals surface area contributed by atoms with E-state index in [0.29, 0.717) is 18.7 Å². The Labute approximate surface area is 159 Å². The van der Waals surface area contributed by atoms with Crippen LogP contribution in [0.5, 0.6) is 5.75 Å². The van der Waals surface area contributed by atoms with Crippen LogP contribution in [0.3, 0.4) is 0 Å². The van der Waals surface area contributed by atoms with Gasteiger partial charge in [-0.2, -0.15) is 0 Å². The normalized spacial score (nSPS) is 16.2.